The Kier molecular flexibility index (Phi) is 4.40. The maximum Gasteiger partial charge on any atom is 0.338 e. The van der Waals surface area contributed by atoms with Gasteiger partial charge in [-0.1, -0.05) is 12.1 Å². The number of hydrogen-bond acceptors (Lipinski definition) is 6. The van der Waals surface area contributed by atoms with E-state index in [1.165, 1.54) is 0 Å². The van der Waals surface area contributed by atoms with Crippen LogP contribution in [-0.2, 0) is 14.3 Å². The van der Waals surface area contributed by atoms with Gasteiger partial charge < -0.3 is 15.2 Å². The van der Waals surface area contributed by atoms with E-state index in [4.69, 9.17) is 15.2 Å². The number of carbonyl (C=O) groups is 1. The largest absolute Gasteiger partial charge is 0.463 e. The van der Waals surface area contributed by atoms with Gasteiger partial charge in [-0.3, -0.25) is 4.98 Å². The lowest BCUT2D eigenvalue weighted by Crippen LogP contribution is -2.25. The third kappa shape index (κ3) is 2.92. The highest BCUT2D eigenvalue weighted by molar-refractivity contribution is 5.93. The molecule has 6 nitrogen and oxygen atoms in total. The number of nitrogens with zero attached hydrogens (tertiary/aromatic N) is 2. The average molecular weight is 335 g/mol. The number of aromatic nitrogens is 1. The molecule has 0 amide bonds. The molecular weight excluding hydrogens is 318 g/mol. The summed E-state index contributed by atoms with van der Waals surface area (Å²) in [6.45, 7) is 3.59. The summed E-state index contributed by atoms with van der Waals surface area (Å²) in [7, 11) is 0. The first-order valence-electron chi connectivity index (χ1n) is 7.86. The number of benzene rings is 1. The van der Waals surface area contributed by atoms with Crippen molar-refractivity contribution in [2.75, 3.05) is 6.61 Å². The van der Waals surface area contributed by atoms with Crippen LogP contribution in [0.25, 0.3) is 10.8 Å². The summed E-state index contributed by atoms with van der Waals surface area (Å²) in [6.07, 6.45) is 3.45. The van der Waals surface area contributed by atoms with Crippen LogP contribution in [0.5, 0.6) is 0 Å². The van der Waals surface area contributed by atoms with Gasteiger partial charge in [0.1, 0.15) is 17.4 Å². The monoisotopic (exact) mass is 335 g/mol. The molecule has 2 N–H and O–H groups in total. The fourth-order valence-corrected chi connectivity index (χ4v) is 2.97. The lowest BCUT2D eigenvalue weighted by atomic mass is 9.82. The molecule has 0 aliphatic carbocycles. The Morgan fingerprint density at radius 1 is 1.40 bits per heavy atom. The Morgan fingerprint density at radius 3 is 2.92 bits per heavy atom. The van der Waals surface area contributed by atoms with Crippen molar-refractivity contribution in [2.24, 2.45) is 5.73 Å². The molecule has 1 aliphatic rings. The van der Waals surface area contributed by atoms with Gasteiger partial charge in [0.05, 0.1) is 18.1 Å². The number of hydrogen-bond donors (Lipinski definition) is 1. The third-order valence-corrected chi connectivity index (χ3v) is 4.10. The summed E-state index contributed by atoms with van der Waals surface area (Å²) < 4.78 is 10.6. The summed E-state index contributed by atoms with van der Waals surface area (Å²) >= 11 is 0. The highest BCUT2D eigenvalue weighted by atomic mass is 16.5. The summed E-state index contributed by atoms with van der Waals surface area (Å²) in [5.74, 6) is -0.811. The maximum absolute atomic E-state index is 12.5. The molecule has 1 aromatic heterocycles. The molecule has 1 aromatic carbocycles. The highest BCUT2D eigenvalue weighted by Crippen LogP contribution is 2.40. The van der Waals surface area contributed by atoms with E-state index in [9.17, 15) is 10.1 Å². The van der Waals surface area contributed by atoms with Crippen LogP contribution in [0.15, 0.2) is 59.4 Å². The van der Waals surface area contributed by atoms with Crippen LogP contribution < -0.4 is 5.73 Å². The Bertz CT molecular complexity index is 954. The molecule has 0 bridgehead atoms. The smallest absolute Gasteiger partial charge is 0.338 e. The molecule has 6 heteroatoms. The van der Waals surface area contributed by atoms with Crippen LogP contribution in [0.3, 0.4) is 0 Å². The number of carbonyl (C=O) groups excluding carboxylic acids is 1. The van der Waals surface area contributed by atoms with Crippen LogP contribution in [0.1, 0.15) is 25.3 Å². The first-order valence-corrected chi connectivity index (χ1v) is 7.86. The Hall–Kier alpha value is -3.33. The van der Waals surface area contributed by atoms with Crippen molar-refractivity contribution in [1.29, 1.82) is 5.26 Å². The van der Waals surface area contributed by atoms with E-state index in [1.807, 2.05) is 24.3 Å². The minimum Gasteiger partial charge on any atom is -0.463 e. The summed E-state index contributed by atoms with van der Waals surface area (Å²) in [6, 6.07) is 9.66. The quantitative estimate of drug-likeness (QED) is 0.866. The standard InChI is InChI=1S/C19H17N3O3/c1-3-24-19(23)16-11(2)25-18(21)15(9-20)17(16)13-5-4-12-6-7-22-10-14(12)8-13/h4-8,10,17H,3,21H2,1-2H3. The Morgan fingerprint density at radius 2 is 2.20 bits per heavy atom. The number of fused-ring (bicyclic) bond motifs is 1. The number of ether oxygens (including phenoxy) is 2. The van der Waals surface area contributed by atoms with E-state index < -0.39 is 11.9 Å². The first-order chi connectivity index (χ1) is 12.1. The highest BCUT2D eigenvalue weighted by Gasteiger charge is 2.36. The SMILES string of the molecule is CCOC(=O)C1=C(C)OC(N)=C(C#N)C1c1ccc2ccncc2c1. The average Bonchev–Trinajstić information content (AvgIpc) is 2.60. The molecule has 0 fully saturated rings. The van der Waals surface area contributed by atoms with Crippen molar-refractivity contribution < 1.29 is 14.3 Å². The van der Waals surface area contributed by atoms with Crippen LogP contribution in [0.2, 0.25) is 0 Å². The molecule has 0 saturated heterocycles. The van der Waals surface area contributed by atoms with Crippen LogP contribution >= 0.6 is 0 Å². The van der Waals surface area contributed by atoms with Gasteiger partial charge in [0.15, 0.2) is 0 Å². The summed E-state index contributed by atoms with van der Waals surface area (Å²) in [4.78, 5) is 16.6. The number of rotatable bonds is 3. The van der Waals surface area contributed by atoms with Gasteiger partial charge in [-0.15, -0.1) is 0 Å². The van der Waals surface area contributed by atoms with Crippen molar-refractivity contribution >= 4 is 16.7 Å². The second kappa shape index (κ2) is 6.65. The minimum atomic E-state index is -0.637. The summed E-state index contributed by atoms with van der Waals surface area (Å²) in [5, 5.41) is 11.5. The van der Waals surface area contributed by atoms with Gasteiger partial charge in [0, 0.05) is 17.8 Å². The van der Waals surface area contributed by atoms with Crippen LogP contribution in [-0.4, -0.2) is 17.6 Å². The van der Waals surface area contributed by atoms with Crippen molar-refractivity contribution in [1.82, 2.24) is 4.98 Å². The van der Waals surface area contributed by atoms with Gasteiger partial charge in [-0.25, -0.2) is 4.79 Å². The van der Waals surface area contributed by atoms with Crippen LogP contribution in [0, 0.1) is 11.3 Å². The molecular formula is C19H17N3O3. The molecule has 1 aliphatic heterocycles. The van der Waals surface area contributed by atoms with Gasteiger partial charge >= 0.3 is 5.97 Å². The predicted octanol–water partition coefficient (Wildman–Crippen LogP) is 2.88. The topological polar surface area (TPSA) is 98.2 Å². The van der Waals surface area contributed by atoms with Gasteiger partial charge in [0.2, 0.25) is 5.88 Å². The minimum absolute atomic E-state index is 0.00401. The zero-order valence-electron chi connectivity index (χ0n) is 13.9. The number of pyridine rings is 1. The maximum atomic E-state index is 12.5. The molecule has 25 heavy (non-hydrogen) atoms. The lowest BCUT2D eigenvalue weighted by molar-refractivity contribution is -0.139. The van der Waals surface area contributed by atoms with Crippen molar-refractivity contribution in [2.45, 2.75) is 19.8 Å². The van der Waals surface area contributed by atoms with Gasteiger partial charge in [0.25, 0.3) is 0 Å². The zero-order valence-corrected chi connectivity index (χ0v) is 13.9. The molecule has 0 saturated carbocycles. The van der Waals surface area contributed by atoms with Crippen molar-refractivity contribution in [3.05, 3.63) is 65.0 Å². The van der Waals surface area contributed by atoms with E-state index in [-0.39, 0.29) is 23.6 Å². The molecule has 1 atom stereocenters. The van der Waals surface area contributed by atoms with E-state index >= 15 is 0 Å². The summed E-state index contributed by atoms with van der Waals surface area (Å²) in [5.41, 5.74) is 7.13. The van der Waals surface area contributed by atoms with Gasteiger partial charge in [-0.05, 0) is 36.9 Å². The number of allylic oxidation sites excluding steroid dienone is 2. The molecule has 0 radical (unpaired) electrons. The number of nitriles is 1. The molecule has 126 valence electrons. The number of nitrogens with two attached hydrogens (primary N) is 1. The number of esters is 1. The fraction of sp³-hybridized carbons (Fsp3) is 0.211. The predicted molar refractivity (Wildman–Crippen MR) is 91.7 cm³/mol. The van der Waals surface area contributed by atoms with E-state index in [1.54, 1.807) is 26.2 Å². The molecule has 1 unspecified atom stereocenters. The zero-order chi connectivity index (χ0) is 18.0. The fourth-order valence-electron chi connectivity index (χ4n) is 2.97. The first kappa shape index (κ1) is 16.5. The normalized spacial score (nSPS) is 17.2. The molecule has 0 spiro atoms. The third-order valence-electron chi connectivity index (χ3n) is 4.10. The second-order valence-corrected chi connectivity index (χ2v) is 5.60. The van der Waals surface area contributed by atoms with E-state index in [0.717, 1.165) is 16.3 Å². The lowest BCUT2D eigenvalue weighted by Gasteiger charge is -2.27. The van der Waals surface area contributed by atoms with E-state index in [2.05, 4.69) is 11.1 Å². The Balaban J connectivity index is 2.19. The molecule has 3 rings (SSSR count). The van der Waals surface area contributed by atoms with Crippen molar-refractivity contribution in [3.63, 3.8) is 0 Å². The van der Waals surface area contributed by atoms with Gasteiger partial charge in [-0.2, -0.15) is 5.26 Å². The van der Waals surface area contributed by atoms with Crippen LogP contribution in [0.4, 0.5) is 0 Å². The molecule has 2 aromatic rings. The second-order valence-electron chi connectivity index (χ2n) is 5.60. The Labute approximate surface area is 145 Å². The van der Waals surface area contributed by atoms with E-state index in [0.29, 0.717) is 5.76 Å². The molecule has 2 heterocycles. The van der Waals surface area contributed by atoms with Crippen molar-refractivity contribution in [3.8, 4) is 6.07 Å².